The van der Waals surface area contributed by atoms with Gasteiger partial charge in [-0.15, -0.1) is 0 Å². The number of hydrogen-bond donors (Lipinski definition) is 0. The van der Waals surface area contributed by atoms with Crippen molar-refractivity contribution in [2.45, 2.75) is 19.4 Å². The van der Waals surface area contributed by atoms with E-state index in [0.29, 0.717) is 58.5 Å². The van der Waals surface area contributed by atoms with Crippen LogP contribution in [0.15, 0.2) is 24.3 Å². The molecule has 0 saturated carbocycles. The second-order valence-corrected chi connectivity index (χ2v) is 7.96. The molecular formula is C21H30N4O3. The molecule has 152 valence electrons. The van der Waals surface area contributed by atoms with E-state index in [-0.39, 0.29) is 11.8 Å². The van der Waals surface area contributed by atoms with Crippen LogP contribution >= 0.6 is 0 Å². The molecule has 3 aliphatic heterocycles. The monoisotopic (exact) mass is 386 g/mol. The Balaban J connectivity index is 1.26. The van der Waals surface area contributed by atoms with Crippen molar-refractivity contribution in [1.29, 1.82) is 0 Å². The highest BCUT2D eigenvalue weighted by molar-refractivity contribution is 5.83. The Labute approximate surface area is 166 Å². The van der Waals surface area contributed by atoms with Crippen LogP contribution in [0.2, 0.25) is 0 Å². The first-order valence-electron chi connectivity index (χ1n) is 10.3. The lowest BCUT2D eigenvalue weighted by Gasteiger charge is -2.37. The van der Waals surface area contributed by atoms with Gasteiger partial charge in [0, 0.05) is 51.0 Å². The van der Waals surface area contributed by atoms with Crippen molar-refractivity contribution in [2.75, 3.05) is 70.5 Å². The van der Waals surface area contributed by atoms with Gasteiger partial charge in [0.05, 0.1) is 26.3 Å². The van der Waals surface area contributed by atoms with Crippen LogP contribution in [0.25, 0.3) is 0 Å². The molecular weight excluding hydrogens is 356 g/mol. The average Bonchev–Trinajstić information content (AvgIpc) is 3.04. The van der Waals surface area contributed by atoms with E-state index < -0.39 is 0 Å². The number of carbonyl (C=O) groups excluding carboxylic acids is 2. The number of rotatable bonds is 4. The topological polar surface area (TPSA) is 56.3 Å². The Kier molecular flexibility index (Phi) is 5.82. The van der Waals surface area contributed by atoms with Gasteiger partial charge >= 0.3 is 0 Å². The number of para-hydroxylation sites is 1. The number of benzene rings is 1. The Morgan fingerprint density at radius 2 is 1.57 bits per heavy atom. The van der Waals surface area contributed by atoms with Gasteiger partial charge in [-0.1, -0.05) is 18.2 Å². The minimum Gasteiger partial charge on any atom is -0.378 e. The second-order valence-electron chi connectivity index (χ2n) is 7.96. The molecule has 1 atom stereocenters. The molecule has 0 radical (unpaired) electrons. The third kappa shape index (κ3) is 4.15. The summed E-state index contributed by atoms with van der Waals surface area (Å²) in [5.74, 6) is 0.355. The summed E-state index contributed by atoms with van der Waals surface area (Å²) in [4.78, 5) is 33.5. The highest BCUT2D eigenvalue weighted by Gasteiger charge is 2.30. The van der Waals surface area contributed by atoms with Crippen LogP contribution in [-0.4, -0.2) is 98.1 Å². The number of fused-ring (bicyclic) bond motifs is 1. The fraction of sp³-hybridized carbons (Fsp3) is 0.619. The van der Waals surface area contributed by atoms with Crippen molar-refractivity contribution in [3.05, 3.63) is 29.8 Å². The first-order chi connectivity index (χ1) is 13.6. The molecule has 7 nitrogen and oxygen atoms in total. The van der Waals surface area contributed by atoms with Crippen molar-refractivity contribution in [2.24, 2.45) is 0 Å². The molecule has 2 saturated heterocycles. The van der Waals surface area contributed by atoms with E-state index in [9.17, 15) is 9.59 Å². The van der Waals surface area contributed by atoms with Crippen molar-refractivity contribution in [3.63, 3.8) is 0 Å². The van der Waals surface area contributed by atoms with Crippen LogP contribution in [0.3, 0.4) is 0 Å². The molecule has 0 spiro atoms. The lowest BCUT2D eigenvalue weighted by atomic mass is 10.1. The van der Waals surface area contributed by atoms with Crippen LogP contribution in [0.5, 0.6) is 0 Å². The normalized spacial score (nSPS) is 23.0. The van der Waals surface area contributed by atoms with E-state index in [4.69, 9.17) is 4.74 Å². The Hall–Kier alpha value is -2.12. The molecule has 0 bridgehead atoms. The van der Waals surface area contributed by atoms with Crippen LogP contribution < -0.4 is 4.90 Å². The van der Waals surface area contributed by atoms with Gasteiger partial charge in [-0.3, -0.25) is 14.5 Å². The minimum atomic E-state index is 0.172. The fourth-order valence-electron chi connectivity index (χ4n) is 4.38. The van der Waals surface area contributed by atoms with Gasteiger partial charge in [-0.2, -0.15) is 0 Å². The quantitative estimate of drug-likeness (QED) is 0.752. The van der Waals surface area contributed by atoms with Gasteiger partial charge in [0.15, 0.2) is 0 Å². The Morgan fingerprint density at radius 1 is 0.929 bits per heavy atom. The molecule has 0 aliphatic carbocycles. The zero-order chi connectivity index (χ0) is 19.5. The maximum absolute atomic E-state index is 12.9. The maximum atomic E-state index is 12.9. The minimum absolute atomic E-state index is 0.172. The molecule has 1 aromatic carbocycles. The van der Waals surface area contributed by atoms with Crippen LogP contribution in [0, 0.1) is 0 Å². The van der Waals surface area contributed by atoms with Gasteiger partial charge < -0.3 is 19.4 Å². The molecule has 28 heavy (non-hydrogen) atoms. The highest BCUT2D eigenvalue weighted by atomic mass is 16.5. The summed E-state index contributed by atoms with van der Waals surface area (Å²) in [6.45, 7) is 8.60. The second kappa shape index (κ2) is 8.49. The van der Waals surface area contributed by atoms with E-state index in [1.807, 2.05) is 15.9 Å². The average molecular weight is 386 g/mol. The van der Waals surface area contributed by atoms with Crippen molar-refractivity contribution in [3.8, 4) is 0 Å². The fourth-order valence-corrected chi connectivity index (χ4v) is 4.38. The summed E-state index contributed by atoms with van der Waals surface area (Å²) in [5.41, 5.74) is 2.52. The zero-order valence-corrected chi connectivity index (χ0v) is 16.7. The summed E-state index contributed by atoms with van der Waals surface area (Å²) in [6.07, 6.45) is 1.00. The molecule has 3 heterocycles. The molecule has 0 N–H and O–H groups in total. The van der Waals surface area contributed by atoms with E-state index in [2.05, 4.69) is 34.9 Å². The third-order valence-electron chi connectivity index (χ3n) is 6.10. The number of morpholine rings is 1. The number of ether oxygens (including phenoxy) is 1. The third-order valence-corrected chi connectivity index (χ3v) is 6.10. The first-order valence-corrected chi connectivity index (χ1v) is 10.3. The van der Waals surface area contributed by atoms with Gasteiger partial charge in [0.2, 0.25) is 11.8 Å². The van der Waals surface area contributed by atoms with E-state index in [1.165, 1.54) is 11.3 Å². The summed E-state index contributed by atoms with van der Waals surface area (Å²) in [6, 6.07) is 8.73. The Bertz CT molecular complexity index is 711. The zero-order valence-electron chi connectivity index (χ0n) is 16.7. The van der Waals surface area contributed by atoms with E-state index >= 15 is 0 Å². The highest BCUT2D eigenvalue weighted by Crippen LogP contribution is 2.31. The predicted octanol–water partition coefficient (Wildman–Crippen LogP) is 0.441. The van der Waals surface area contributed by atoms with Crippen LogP contribution in [0.1, 0.15) is 12.5 Å². The van der Waals surface area contributed by atoms with Gasteiger partial charge in [0.1, 0.15) is 0 Å². The SMILES string of the molecule is CC1Cc2ccccc2N1CC(=O)N1CCN(CC(=O)N2CCOCC2)CC1. The van der Waals surface area contributed by atoms with Crippen molar-refractivity contribution < 1.29 is 14.3 Å². The number of anilines is 1. The van der Waals surface area contributed by atoms with Gasteiger partial charge in [-0.05, 0) is 25.0 Å². The molecule has 4 rings (SSSR count). The maximum Gasteiger partial charge on any atom is 0.242 e. The summed E-state index contributed by atoms with van der Waals surface area (Å²) >= 11 is 0. The molecule has 7 heteroatoms. The Morgan fingerprint density at radius 3 is 2.32 bits per heavy atom. The largest absolute Gasteiger partial charge is 0.378 e. The molecule has 1 unspecified atom stereocenters. The molecule has 2 fully saturated rings. The molecule has 1 aromatic rings. The van der Waals surface area contributed by atoms with Crippen molar-refractivity contribution >= 4 is 17.5 Å². The number of nitrogens with zero attached hydrogens (tertiary/aromatic N) is 4. The van der Waals surface area contributed by atoms with Gasteiger partial charge in [0.25, 0.3) is 0 Å². The lowest BCUT2D eigenvalue weighted by Crippen LogP contribution is -2.54. The predicted molar refractivity (Wildman–Crippen MR) is 107 cm³/mol. The van der Waals surface area contributed by atoms with Gasteiger partial charge in [-0.25, -0.2) is 0 Å². The summed E-state index contributed by atoms with van der Waals surface area (Å²) in [7, 11) is 0. The molecule has 3 aliphatic rings. The van der Waals surface area contributed by atoms with E-state index in [0.717, 1.165) is 19.5 Å². The number of amides is 2. The lowest BCUT2D eigenvalue weighted by molar-refractivity contribution is -0.137. The number of carbonyl (C=O) groups is 2. The summed E-state index contributed by atoms with van der Waals surface area (Å²) < 4.78 is 5.31. The number of piperazine rings is 1. The van der Waals surface area contributed by atoms with Crippen LogP contribution in [0.4, 0.5) is 5.69 Å². The smallest absolute Gasteiger partial charge is 0.242 e. The first kappa shape index (κ1) is 19.2. The van der Waals surface area contributed by atoms with Crippen LogP contribution in [-0.2, 0) is 20.7 Å². The molecule has 2 amide bonds. The van der Waals surface area contributed by atoms with E-state index in [1.54, 1.807) is 0 Å². The summed E-state index contributed by atoms with van der Waals surface area (Å²) in [5, 5.41) is 0. The van der Waals surface area contributed by atoms with Crippen molar-refractivity contribution in [1.82, 2.24) is 14.7 Å². The standard InChI is InChI=1S/C21H30N4O3/c1-17-14-18-4-2-3-5-19(18)25(17)16-21(27)23-8-6-22(7-9-23)15-20(26)24-10-12-28-13-11-24/h2-5,17H,6-16H2,1H3. The number of hydrogen-bond acceptors (Lipinski definition) is 5. The molecule has 0 aromatic heterocycles.